The predicted molar refractivity (Wildman–Crippen MR) is 44.3 cm³/mol. The molecule has 0 radical (unpaired) electrons. The van der Waals surface area contributed by atoms with Crippen LogP contribution in [-0.4, -0.2) is 33.7 Å². The van der Waals surface area contributed by atoms with Gasteiger partial charge in [-0.2, -0.15) is 0 Å². The Balaban J connectivity index is 3.92. The zero-order valence-electron chi connectivity index (χ0n) is 7.79. The Kier molecular flexibility index (Phi) is 3.83. The Labute approximate surface area is 75.9 Å². The molecule has 6 heteroatoms. The minimum atomic E-state index is -1.56. The Morgan fingerprint density at radius 3 is 2.08 bits per heavy atom. The van der Waals surface area contributed by atoms with Crippen molar-refractivity contribution in [2.24, 2.45) is 0 Å². The largest absolute Gasteiger partial charge is 0.383 e. The van der Waals surface area contributed by atoms with E-state index in [2.05, 4.69) is 0 Å². The fourth-order valence-electron chi connectivity index (χ4n) is 0.376. The van der Waals surface area contributed by atoms with Crippen LogP contribution < -0.4 is 10.9 Å². The summed E-state index contributed by atoms with van der Waals surface area (Å²) in [7, 11) is 0. The Bertz CT molecular complexity index is 207. The van der Waals surface area contributed by atoms with Gasteiger partial charge in [0.15, 0.2) is 0 Å². The molecular formula is C7H14N2O4. The van der Waals surface area contributed by atoms with Crippen molar-refractivity contribution >= 4 is 11.8 Å². The van der Waals surface area contributed by atoms with Crippen LogP contribution in [0.4, 0.5) is 0 Å². The smallest absolute Gasteiger partial charge is 0.269 e. The minimum absolute atomic E-state index is 0.738. The minimum Gasteiger partial charge on any atom is -0.383 e. The third-order valence-electron chi connectivity index (χ3n) is 1.23. The van der Waals surface area contributed by atoms with Gasteiger partial charge in [-0.15, -0.1) is 0 Å². The van der Waals surface area contributed by atoms with E-state index in [4.69, 9.17) is 10.2 Å². The summed E-state index contributed by atoms with van der Waals surface area (Å²) in [5.74, 6) is -1.49. The monoisotopic (exact) mass is 190 g/mol. The molecule has 0 aromatic heterocycles. The summed E-state index contributed by atoms with van der Waals surface area (Å²) < 4.78 is 0. The van der Waals surface area contributed by atoms with Crippen LogP contribution in [-0.2, 0) is 9.59 Å². The van der Waals surface area contributed by atoms with Gasteiger partial charge in [0.25, 0.3) is 11.8 Å². The molecule has 0 saturated carbocycles. The van der Waals surface area contributed by atoms with Gasteiger partial charge < -0.3 is 10.2 Å². The number of hydrazine groups is 1. The van der Waals surface area contributed by atoms with Crippen molar-refractivity contribution in [2.75, 3.05) is 0 Å². The molecule has 4 N–H and O–H groups in total. The second-order valence-electron chi connectivity index (χ2n) is 3.18. The van der Waals surface area contributed by atoms with Gasteiger partial charge in [0.05, 0.1) is 0 Å². The number of aliphatic hydroxyl groups is 2. The molecule has 0 bridgehead atoms. The van der Waals surface area contributed by atoms with Gasteiger partial charge in [-0.05, 0) is 20.8 Å². The summed E-state index contributed by atoms with van der Waals surface area (Å²) in [6.07, 6.45) is -1.21. The van der Waals surface area contributed by atoms with Gasteiger partial charge >= 0.3 is 0 Å². The average Bonchev–Trinajstić information content (AvgIpc) is 1.97. The maximum Gasteiger partial charge on any atom is 0.269 e. The maximum atomic E-state index is 10.9. The van der Waals surface area contributed by atoms with E-state index >= 15 is 0 Å². The van der Waals surface area contributed by atoms with Gasteiger partial charge in [-0.25, -0.2) is 0 Å². The van der Waals surface area contributed by atoms with Crippen LogP contribution in [0.1, 0.15) is 20.8 Å². The molecule has 0 rings (SSSR count). The van der Waals surface area contributed by atoms with Crippen LogP contribution in [0.25, 0.3) is 0 Å². The fourth-order valence-corrected chi connectivity index (χ4v) is 0.376. The van der Waals surface area contributed by atoms with E-state index in [9.17, 15) is 9.59 Å². The SMILES string of the molecule is CC(O)C(=O)NNC(=O)C(C)(C)O. The third kappa shape index (κ3) is 4.44. The molecule has 0 spiro atoms. The van der Waals surface area contributed by atoms with E-state index in [1.165, 1.54) is 20.8 Å². The molecule has 2 amide bonds. The molecule has 0 aliphatic rings. The lowest BCUT2D eigenvalue weighted by Crippen LogP contribution is -2.52. The molecule has 6 nitrogen and oxygen atoms in total. The first kappa shape index (κ1) is 11.9. The summed E-state index contributed by atoms with van der Waals surface area (Å²) in [5.41, 5.74) is 2.33. The normalized spacial score (nSPS) is 13.3. The summed E-state index contributed by atoms with van der Waals surface area (Å²) in [4.78, 5) is 21.7. The second kappa shape index (κ2) is 4.20. The molecule has 0 aliphatic heterocycles. The zero-order valence-corrected chi connectivity index (χ0v) is 7.79. The standard InChI is InChI=1S/C7H14N2O4/c1-4(10)5(11)8-9-6(12)7(2,3)13/h4,10,13H,1-3H3,(H,8,11)(H,9,12). The molecule has 0 aromatic rings. The van der Waals surface area contributed by atoms with Crippen LogP contribution >= 0.6 is 0 Å². The zero-order chi connectivity index (χ0) is 10.6. The van der Waals surface area contributed by atoms with Crippen LogP contribution in [0.3, 0.4) is 0 Å². The quantitative estimate of drug-likeness (QED) is 0.389. The number of amides is 2. The van der Waals surface area contributed by atoms with Crippen LogP contribution in [0.2, 0.25) is 0 Å². The second-order valence-corrected chi connectivity index (χ2v) is 3.18. The summed E-state index contributed by atoms with van der Waals surface area (Å²) in [5, 5.41) is 17.8. The first-order chi connectivity index (χ1) is 5.75. The number of carbonyl (C=O) groups is 2. The topological polar surface area (TPSA) is 98.7 Å². The summed E-state index contributed by atoms with van der Waals surface area (Å²) in [6, 6.07) is 0. The van der Waals surface area contributed by atoms with Gasteiger partial charge in [0.1, 0.15) is 11.7 Å². The van der Waals surface area contributed by atoms with Crippen molar-refractivity contribution in [3.05, 3.63) is 0 Å². The molecule has 0 aromatic carbocycles. The highest BCUT2D eigenvalue weighted by Gasteiger charge is 2.24. The molecule has 0 heterocycles. The Morgan fingerprint density at radius 1 is 1.31 bits per heavy atom. The number of nitrogens with one attached hydrogen (secondary N) is 2. The van der Waals surface area contributed by atoms with E-state index < -0.39 is 23.5 Å². The van der Waals surface area contributed by atoms with Gasteiger partial charge in [-0.3, -0.25) is 20.4 Å². The predicted octanol–water partition coefficient (Wildman–Crippen LogP) is -1.71. The lowest BCUT2D eigenvalue weighted by molar-refractivity contribution is -0.141. The van der Waals surface area contributed by atoms with Gasteiger partial charge in [0.2, 0.25) is 0 Å². The molecule has 0 saturated heterocycles. The number of hydrogen-bond donors (Lipinski definition) is 4. The number of aliphatic hydroxyl groups excluding tert-OH is 1. The first-order valence-electron chi connectivity index (χ1n) is 3.76. The van der Waals surface area contributed by atoms with E-state index in [0.29, 0.717) is 0 Å². The number of rotatable bonds is 2. The van der Waals surface area contributed by atoms with Crippen molar-refractivity contribution in [1.29, 1.82) is 0 Å². The maximum absolute atomic E-state index is 10.9. The molecule has 0 fully saturated rings. The van der Waals surface area contributed by atoms with Crippen molar-refractivity contribution in [2.45, 2.75) is 32.5 Å². The average molecular weight is 190 g/mol. The van der Waals surface area contributed by atoms with E-state index in [1.54, 1.807) is 0 Å². The van der Waals surface area contributed by atoms with Crippen LogP contribution in [0.15, 0.2) is 0 Å². The highest BCUT2D eigenvalue weighted by Crippen LogP contribution is 1.98. The van der Waals surface area contributed by atoms with Crippen LogP contribution in [0.5, 0.6) is 0 Å². The highest BCUT2D eigenvalue weighted by atomic mass is 16.3. The Morgan fingerprint density at radius 2 is 1.77 bits per heavy atom. The van der Waals surface area contributed by atoms with Crippen molar-refractivity contribution in [1.82, 2.24) is 10.9 Å². The first-order valence-corrected chi connectivity index (χ1v) is 3.76. The van der Waals surface area contributed by atoms with E-state index in [-0.39, 0.29) is 0 Å². The molecule has 1 unspecified atom stereocenters. The van der Waals surface area contributed by atoms with Crippen molar-refractivity contribution < 1.29 is 19.8 Å². The molecule has 13 heavy (non-hydrogen) atoms. The van der Waals surface area contributed by atoms with Crippen molar-refractivity contribution in [3.63, 3.8) is 0 Å². The van der Waals surface area contributed by atoms with Gasteiger partial charge in [-0.1, -0.05) is 0 Å². The molecule has 76 valence electrons. The lowest BCUT2D eigenvalue weighted by Gasteiger charge is -2.17. The molecular weight excluding hydrogens is 176 g/mol. The fraction of sp³-hybridized carbons (Fsp3) is 0.714. The third-order valence-corrected chi connectivity index (χ3v) is 1.23. The van der Waals surface area contributed by atoms with Crippen molar-refractivity contribution in [3.8, 4) is 0 Å². The highest BCUT2D eigenvalue weighted by molar-refractivity contribution is 5.87. The number of hydrogen-bond acceptors (Lipinski definition) is 4. The lowest BCUT2D eigenvalue weighted by atomic mass is 10.1. The van der Waals surface area contributed by atoms with Crippen LogP contribution in [0, 0.1) is 0 Å². The van der Waals surface area contributed by atoms with E-state index in [1.807, 2.05) is 10.9 Å². The van der Waals surface area contributed by atoms with Gasteiger partial charge in [0, 0.05) is 0 Å². The summed E-state index contributed by atoms with van der Waals surface area (Å²) in [6.45, 7) is 3.80. The molecule has 0 aliphatic carbocycles. The Hall–Kier alpha value is -1.14. The summed E-state index contributed by atoms with van der Waals surface area (Å²) >= 11 is 0. The van der Waals surface area contributed by atoms with E-state index in [0.717, 1.165) is 0 Å². The number of carbonyl (C=O) groups excluding carboxylic acids is 2. The molecule has 1 atom stereocenters.